The van der Waals surface area contributed by atoms with Crippen molar-refractivity contribution in [1.29, 1.82) is 0 Å². The molecule has 1 atom stereocenters. The molecule has 154 valence electrons. The number of fused-ring (bicyclic) bond motifs is 1. The molecule has 0 aliphatic heterocycles. The number of rotatable bonds is 5. The van der Waals surface area contributed by atoms with Gasteiger partial charge in [-0.15, -0.1) is 0 Å². The van der Waals surface area contributed by atoms with Gasteiger partial charge in [-0.25, -0.2) is 0 Å². The lowest BCUT2D eigenvalue weighted by Gasteiger charge is -2.26. The van der Waals surface area contributed by atoms with E-state index in [-0.39, 0.29) is 39.7 Å². The normalized spacial score (nSPS) is 15.6. The van der Waals surface area contributed by atoms with Gasteiger partial charge in [0.2, 0.25) is 5.91 Å². The summed E-state index contributed by atoms with van der Waals surface area (Å²) < 4.78 is 0. The number of carbonyl (C=O) groups is 1. The summed E-state index contributed by atoms with van der Waals surface area (Å²) in [6, 6.07) is 13.0. The third-order valence-corrected chi connectivity index (χ3v) is 5.78. The maximum absolute atomic E-state index is 13.0. The number of amides is 1. The Labute approximate surface area is 173 Å². The predicted octanol–water partition coefficient (Wildman–Crippen LogP) is 4.63. The molecule has 0 saturated heterocycles. The Kier molecular flexibility index (Phi) is 5.61. The molecule has 7 heteroatoms. The number of nitro benzene ring substituents is 1. The summed E-state index contributed by atoms with van der Waals surface area (Å²) in [6.07, 6.45) is 6.32. The molecule has 0 radical (unpaired) electrons. The fourth-order valence-electron chi connectivity index (χ4n) is 4.21. The molecule has 1 saturated carbocycles. The van der Waals surface area contributed by atoms with Gasteiger partial charge < -0.3 is 10.4 Å². The largest absolute Gasteiger partial charge is 0.505 e. The van der Waals surface area contributed by atoms with E-state index >= 15 is 0 Å². The molecule has 1 fully saturated rings. The molecule has 3 aromatic rings. The lowest BCUT2D eigenvalue weighted by atomic mass is 9.87. The van der Waals surface area contributed by atoms with Crippen LogP contribution in [0.1, 0.15) is 49.3 Å². The summed E-state index contributed by atoms with van der Waals surface area (Å²) in [7, 11) is 0. The van der Waals surface area contributed by atoms with Crippen molar-refractivity contribution in [1.82, 2.24) is 10.3 Å². The molecule has 1 aliphatic carbocycles. The molecule has 4 rings (SSSR count). The molecule has 2 N–H and O–H groups in total. The van der Waals surface area contributed by atoms with Gasteiger partial charge in [-0.05, 0) is 30.5 Å². The summed E-state index contributed by atoms with van der Waals surface area (Å²) >= 11 is 0. The number of non-ortho nitro benzene ring substituents is 1. The van der Waals surface area contributed by atoms with Crippen molar-refractivity contribution in [2.45, 2.75) is 38.1 Å². The van der Waals surface area contributed by atoms with E-state index in [0.29, 0.717) is 0 Å². The monoisotopic (exact) mass is 405 g/mol. The zero-order valence-electron chi connectivity index (χ0n) is 16.5. The number of nitrogens with one attached hydrogen (secondary N) is 1. The van der Waals surface area contributed by atoms with Crippen LogP contribution >= 0.6 is 0 Å². The first-order valence-corrected chi connectivity index (χ1v) is 10.2. The third-order valence-electron chi connectivity index (χ3n) is 5.78. The second kappa shape index (κ2) is 8.49. The van der Waals surface area contributed by atoms with Crippen molar-refractivity contribution >= 4 is 22.5 Å². The van der Waals surface area contributed by atoms with Crippen LogP contribution in [-0.2, 0) is 4.79 Å². The van der Waals surface area contributed by atoms with E-state index in [1.807, 2.05) is 30.3 Å². The summed E-state index contributed by atoms with van der Waals surface area (Å²) in [5, 5.41) is 26.0. The summed E-state index contributed by atoms with van der Waals surface area (Å²) in [4.78, 5) is 28.4. The summed E-state index contributed by atoms with van der Waals surface area (Å²) in [6.45, 7) is 0. The highest BCUT2D eigenvalue weighted by Gasteiger charge is 2.29. The molecule has 1 aromatic heterocycles. The Bertz CT molecular complexity index is 1080. The number of aromatic nitrogens is 1. The maximum atomic E-state index is 13.0. The lowest BCUT2D eigenvalue weighted by molar-refractivity contribution is -0.383. The first-order valence-electron chi connectivity index (χ1n) is 10.2. The van der Waals surface area contributed by atoms with Crippen molar-refractivity contribution in [2.75, 3.05) is 0 Å². The van der Waals surface area contributed by atoms with Crippen LogP contribution in [0.4, 0.5) is 5.69 Å². The zero-order valence-corrected chi connectivity index (χ0v) is 16.5. The number of nitrogens with zero attached hydrogens (tertiary/aromatic N) is 2. The number of nitro groups is 1. The number of hydrogen-bond acceptors (Lipinski definition) is 5. The molecule has 1 aliphatic rings. The van der Waals surface area contributed by atoms with Gasteiger partial charge in [0.25, 0.3) is 5.69 Å². The van der Waals surface area contributed by atoms with Gasteiger partial charge in [0.1, 0.15) is 11.3 Å². The van der Waals surface area contributed by atoms with Gasteiger partial charge in [0.15, 0.2) is 0 Å². The first-order chi connectivity index (χ1) is 14.6. The molecule has 30 heavy (non-hydrogen) atoms. The van der Waals surface area contributed by atoms with Crippen LogP contribution < -0.4 is 5.32 Å². The van der Waals surface area contributed by atoms with Gasteiger partial charge in [0.05, 0.1) is 16.4 Å². The topological polar surface area (TPSA) is 105 Å². The second-order valence-electron chi connectivity index (χ2n) is 7.68. The average molecular weight is 405 g/mol. The number of aromatic hydroxyl groups is 1. The Balaban J connectivity index is 1.83. The number of carbonyl (C=O) groups excluding carboxylic acids is 1. The highest BCUT2D eigenvalue weighted by Crippen LogP contribution is 2.39. The Morgan fingerprint density at radius 3 is 2.57 bits per heavy atom. The number of phenolic OH excluding ortho intramolecular Hbond substituents is 1. The maximum Gasteiger partial charge on any atom is 0.279 e. The fourth-order valence-corrected chi connectivity index (χ4v) is 4.21. The second-order valence-corrected chi connectivity index (χ2v) is 7.68. The van der Waals surface area contributed by atoms with Crippen molar-refractivity contribution in [3.05, 3.63) is 76.0 Å². The predicted molar refractivity (Wildman–Crippen MR) is 113 cm³/mol. The van der Waals surface area contributed by atoms with Gasteiger partial charge in [-0.2, -0.15) is 0 Å². The smallest absolute Gasteiger partial charge is 0.279 e. The standard InChI is InChI=1S/C23H23N3O4/c27-22-18(14-19(26(29)30)17-12-7-13-24-21(17)22)20(15-8-3-1-4-9-15)25-23(28)16-10-5-2-6-11-16/h1,3-4,7-9,12-14,16,20,27H,2,5-6,10-11H2,(H,25,28)/t20-/m1/s1. The van der Waals surface area contributed by atoms with E-state index in [0.717, 1.165) is 37.7 Å². The van der Waals surface area contributed by atoms with E-state index < -0.39 is 11.0 Å². The van der Waals surface area contributed by atoms with Crippen LogP contribution in [0.5, 0.6) is 5.75 Å². The first kappa shape index (κ1) is 19.8. The molecule has 0 spiro atoms. The van der Waals surface area contributed by atoms with Crippen molar-refractivity contribution in [3.8, 4) is 5.75 Å². The molecular weight excluding hydrogens is 382 g/mol. The zero-order chi connectivity index (χ0) is 21.1. The van der Waals surface area contributed by atoms with Gasteiger partial charge in [-0.3, -0.25) is 19.9 Å². The Morgan fingerprint density at radius 1 is 1.13 bits per heavy atom. The average Bonchev–Trinajstić information content (AvgIpc) is 2.79. The van der Waals surface area contributed by atoms with Crippen molar-refractivity contribution in [2.24, 2.45) is 5.92 Å². The van der Waals surface area contributed by atoms with Crippen LogP contribution in [0.25, 0.3) is 10.9 Å². The molecular formula is C23H23N3O4. The van der Waals surface area contributed by atoms with Gasteiger partial charge >= 0.3 is 0 Å². The van der Waals surface area contributed by atoms with Crippen molar-refractivity contribution in [3.63, 3.8) is 0 Å². The van der Waals surface area contributed by atoms with Crippen LogP contribution in [0, 0.1) is 16.0 Å². The van der Waals surface area contributed by atoms with E-state index in [2.05, 4.69) is 10.3 Å². The minimum atomic E-state index is -0.717. The van der Waals surface area contributed by atoms with Crippen molar-refractivity contribution < 1.29 is 14.8 Å². The van der Waals surface area contributed by atoms with Gasteiger partial charge in [-0.1, -0.05) is 49.6 Å². The SMILES string of the molecule is O=C(N[C@H](c1ccccc1)c1cc([N+](=O)[O-])c2cccnc2c1O)C1CCCCC1. The molecule has 1 heterocycles. The molecule has 7 nitrogen and oxygen atoms in total. The molecule has 1 amide bonds. The minimum Gasteiger partial charge on any atom is -0.505 e. The quantitative estimate of drug-likeness (QED) is 0.475. The van der Waals surface area contributed by atoms with E-state index in [1.54, 1.807) is 12.1 Å². The summed E-state index contributed by atoms with van der Waals surface area (Å²) in [5.74, 6) is -0.332. The number of phenols is 1. The Morgan fingerprint density at radius 2 is 1.87 bits per heavy atom. The molecule has 0 bridgehead atoms. The lowest BCUT2D eigenvalue weighted by Crippen LogP contribution is -2.35. The van der Waals surface area contributed by atoms with Gasteiger partial charge in [0, 0.05) is 23.7 Å². The Hall–Kier alpha value is -3.48. The number of pyridine rings is 1. The van der Waals surface area contributed by atoms with Crippen LogP contribution in [0.2, 0.25) is 0 Å². The van der Waals surface area contributed by atoms with Crippen LogP contribution in [-0.4, -0.2) is 20.9 Å². The number of hydrogen-bond donors (Lipinski definition) is 2. The summed E-state index contributed by atoms with van der Waals surface area (Å²) in [5.41, 5.74) is 0.998. The number of benzene rings is 2. The molecule has 0 unspecified atom stereocenters. The highest BCUT2D eigenvalue weighted by molar-refractivity contribution is 5.94. The fraction of sp³-hybridized carbons (Fsp3) is 0.304. The van der Waals surface area contributed by atoms with E-state index in [4.69, 9.17) is 0 Å². The minimum absolute atomic E-state index is 0.0827. The van der Waals surface area contributed by atoms with E-state index in [9.17, 15) is 20.0 Å². The van der Waals surface area contributed by atoms with Crippen LogP contribution in [0.3, 0.4) is 0 Å². The van der Waals surface area contributed by atoms with Crippen LogP contribution in [0.15, 0.2) is 54.7 Å². The van der Waals surface area contributed by atoms with E-state index in [1.165, 1.54) is 12.3 Å². The molecule has 2 aromatic carbocycles. The highest BCUT2D eigenvalue weighted by atomic mass is 16.6. The third kappa shape index (κ3) is 3.83.